The summed E-state index contributed by atoms with van der Waals surface area (Å²) in [5.41, 5.74) is 8.31. The number of benzene rings is 1. The van der Waals surface area contributed by atoms with Crippen LogP contribution in [0.15, 0.2) is 30.3 Å². The third kappa shape index (κ3) is 5.05. The lowest BCUT2D eigenvalue weighted by molar-refractivity contribution is -0.120. The number of aromatic nitrogens is 2. The molecule has 2 aromatic rings. The van der Waals surface area contributed by atoms with Gasteiger partial charge in [-0.15, -0.1) is 0 Å². The van der Waals surface area contributed by atoms with Gasteiger partial charge in [-0.25, -0.2) is 9.97 Å². The summed E-state index contributed by atoms with van der Waals surface area (Å²) < 4.78 is 0. The van der Waals surface area contributed by atoms with Gasteiger partial charge in [-0.1, -0.05) is 18.2 Å². The normalized spacial score (nSPS) is 10.1. The van der Waals surface area contributed by atoms with E-state index in [9.17, 15) is 9.59 Å². The van der Waals surface area contributed by atoms with Gasteiger partial charge < -0.3 is 5.32 Å². The summed E-state index contributed by atoms with van der Waals surface area (Å²) in [6, 6.07) is 9.15. The van der Waals surface area contributed by atoms with E-state index < -0.39 is 0 Å². The molecule has 0 saturated carbocycles. The highest BCUT2D eigenvalue weighted by Crippen LogP contribution is 2.06. The first-order valence-electron chi connectivity index (χ1n) is 7.66. The number of hydrogen-bond donors (Lipinski definition) is 3. The number of carbonyl (C=O) groups excluding carboxylic acids is 2. The highest BCUT2D eigenvalue weighted by atomic mass is 16.2. The third-order valence-corrected chi connectivity index (χ3v) is 3.32. The Balaban J connectivity index is 1.75. The van der Waals surface area contributed by atoms with E-state index in [0.717, 1.165) is 17.0 Å². The second-order valence-corrected chi connectivity index (χ2v) is 5.47. The van der Waals surface area contributed by atoms with Crippen molar-refractivity contribution in [1.82, 2.24) is 20.7 Å². The molecule has 126 valence electrons. The van der Waals surface area contributed by atoms with Crippen LogP contribution >= 0.6 is 0 Å². The molecule has 7 nitrogen and oxygen atoms in total. The van der Waals surface area contributed by atoms with Crippen LogP contribution < -0.4 is 16.2 Å². The molecule has 0 unspecified atom stereocenters. The minimum absolute atomic E-state index is 0.148. The number of anilines is 1. The minimum atomic E-state index is -0.261. The molecule has 1 heterocycles. The number of rotatable bonds is 6. The summed E-state index contributed by atoms with van der Waals surface area (Å²) in [6.07, 6.45) is 0.148. The molecule has 24 heavy (non-hydrogen) atoms. The smallest absolute Gasteiger partial charge is 0.251 e. The summed E-state index contributed by atoms with van der Waals surface area (Å²) in [5.74, 6) is -0.112. The summed E-state index contributed by atoms with van der Waals surface area (Å²) >= 11 is 0. The molecule has 0 spiro atoms. The van der Waals surface area contributed by atoms with Crippen molar-refractivity contribution in [2.75, 3.05) is 12.0 Å². The topological polar surface area (TPSA) is 96.0 Å². The molecular formula is C17H21N5O2. The maximum absolute atomic E-state index is 12.0. The van der Waals surface area contributed by atoms with Crippen LogP contribution in [-0.2, 0) is 4.79 Å². The zero-order valence-electron chi connectivity index (χ0n) is 14.0. The Morgan fingerprint density at radius 1 is 1.04 bits per heavy atom. The molecule has 1 aromatic heterocycles. The van der Waals surface area contributed by atoms with Crippen LogP contribution in [0.3, 0.4) is 0 Å². The lowest BCUT2D eigenvalue weighted by Crippen LogP contribution is -2.34. The summed E-state index contributed by atoms with van der Waals surface area (Å²) in [4.78, 5) is 32.1. The maximum Gasteiger partial charge on any atom is 0.251 e. The van der Waals surface area contributed by atoms with Crippen molar-refractivity contribution >= 4 is 17.8 Å². The van der Waals surface area contributed by atoms with Crippen molar-refractivity contribution in [1.29, 1.82) is 0 Å². The van der Waals surface area contributed by atoms with Crippen molar-refractivity contribution in [3.8, 4) is 0 Å². The van der Waals surface area contributed by atoms with E-state index >= 15 is 0 Å². The Kier molecular flexibility index (Phi) is 5.83. The van der Waals surface area contributed by atoms with Crippen LogP contribution in [0.2, 0.25) is 0 Å². The molecule has 1 aromatic carbocycles. The van der Waals surface area contributed by atoms with Gasteiger partial charge in [-0.2, -0.15) is 0 Å². The minimum Gasteiger partial charge on any atom is -0.352 e. The average Bonchev–Trinajstić information content (AvgIpc) is 2.52. The molecule has 0 aliphatic heterocycles. The van der Waals surface area contributed by atoms with E-state index in [-0.39, 0.29) is 24.8 Å². The Morgan fingerprint density at radius 2 is 1.71 bits per heavy atom. The van der Waals surface area contributed by atoms with Crippen LogP contribution in [0.5, 0.6) is 0 Å². The fraction of sp³-hybridized carbons (Fsp3) is 0.294. The molecule has 3 N–H and O–H groups in total. The predicted molar refractivity (Wildman–Crippen MR) is 91.4 cm³/mol. The largest absolute Gasteiger partial charge is 0.352 e. The standard InChI is InChI=1S/C17H21N5O2/c1-11-6-4-5-7-14(11)16(24)18-9-8-15(23)21-22-17-19-12(2)10-13(3)20-17/h4-7,10H,8-9H2,1-3H3,(H,18,24)(H,21,23)(H,19,20,22). The van der Waals surface area contributed by atoms with Crippen LogP contribution in [0, 0.1) is 20.8 Å². The van der Waals surface area contributed by atoms with Crippen molar-refractivity contribution in [2.24, 2.45) is 0 Å². The van der Waals surface area contributed by atoms with Crippen LogP contribution in [0.1, 0.15) is 33.7 Å². The number of nitrogens with one attached hydrogen (secondary N) is 3. The van der Waals surface area contributed by atoms with E-state index in [4.69, 9.17) is 0 Å². The van der Waals surface area contributed by atoms with Gasteiger partial charge in [0.05, 0.1) is 0 Å². The predicted octanol–water partition coefficient (Wildman–Crippen LogP) is 1.67. The van der Waals surface area contributed by atoms with Crippen molar-refractivity contribution in [2.45, 2.75) is 27.2 Å². The lowest BCUT2D eigenvalue weighted by Gasteiger charge is -2.09. The fourth-order valence-electron chi connectivity index (χ4n) is 2.18. The monoisotopic (exact) mass is 327 g/mol. The van der Waals surface area contributed by atoms with Gasteiger partial charge in [-0.05, 0) is 38.5 Å². The Bertz CT molecular complexity index is 725. The molecule has 0 bridgehead atoms. The first kappa shape index (κ1) is 17.4. The molecule has 0 aliphatic carbocycles. The maximum atomic E-state index is 12.0. The van der Waals surface area contributed by atoms with Crippen molar-refractivity contribution < 1.29 is 9.59 Å². The first-order chi connectivity index (χ1) is 11.5. The third-order valence-electron chi connectivity index (χ3n) is 3.32. The zero-order chi connectivity index (χ0) is 17.5. The molecule has 0 atom stereocenters. The number of carbonyl (C=O) groups is 2. The van der Waals surface area contributed by atoms with Gasteiger partial charge in [0.2, 0.25) is 11.9 Å². The van der Waals surface area contributed by atoms with Crippen LogP contribution in [0.4, 0.5) is 5.95 Å². The summed E-state index contributed by atoms with van der Waals surface area (Å²) in [6.45, 7) is 5.81. The number of hydrogen-bond acceptors (Lipinski definition) is 5. The van der Waals surface area contributed by atoms with Gasteiger partial charge >= 0.3 is 0 Å². The molecule has 0 aliphatic rings. The molecule has 2 amide bonds. The van der Waals surface area contributed by atoms with E-state index in [1.165, 1.54) is 0 Å². The van der Waals surface area contributed by atoms with Crippen molar-refractivity contribution in [3.63, 3.8) is 0 Å². The SMILES string of the molecule is Cc1cc(C)nc(NNC(=O)CCNC(=O)c2ccccc2C)n1. The van der Waals surface area contributed by atoms with E-state index in [2.05, 4.69) is 26.1 Å². The molecule has 2 rings (SSSR count). The zero-order valence-corrected chi connectivity index (χ0v) is 14.0. The number of nitrogens with zero attached hydrogens (tertiary/aromatic N) is 2. The highest BCUT2D eigenvalue weighted by molar-refractivity contribution is 5.95. The first-order valence-corrected chi connectivity index (χ1v) is 7.66. The van der Waals surface area contributed by atoms with E-state index in [1.54, 1.807) is 6.07 Å². The summed E-state index contributed by atoms with van der Waals surface area (Å²) in [7, 11) is 0. The second kappa shape index (κ2) is 8.05. The molecule has 0 radical (unpaired) electrons. The van der Waals surface area contributed by atoms with E-state index in [0.29, 0.717) is 11.5 Å². The van der Waals surface area contributed by atoms with Crippen LogP contribution in [-0.4, -0.2) is 28.3 Å². The van der Waals surface area contributed by atoms with Gasteiger partial charge in [0, 0.05) is 29.9 Å². The molecule has 7 heteroatoms. The number of aryl methyl sites for hydroxylation is 3. The summed E-state index contributed by atoms with van der Waals surface area (Å²) in [5, 5.41) is 2.73. The molecular weight excluding hydrogens is 306 g/mol. The van der Waals surface area contributed by atoms with Crippen molar-refractivity contribution in [3.05, 3.63) is 52.8 Å². The van der Waals surface area contributed by atoms with Crippen LogP contribution in [0.25, 0.3) is 0 Å². The van der Waals surface area contributed by atoms with Gasteiger partial charge in [0.1, 0.15) is 0 Å². The lowest BCUT2D eigenvalue weighted by atomic mass is 10.1. The Hall–Kier alpha value is -2.96. The van der Waals surface area contributed by atoms with Gasteiger partial charge in [-0.3, -0.25) is 20.4 Å². The molecule has 0 saturated heterocycles. The number of hydrazine groups is 1. The quantitative estimate of drug-likeness (QED) is 0.701. The van der Waals surface area contributed by atoms with Gasteiger partial charge in [0.15, 0.2) is 0 Å². The fourth-order valence-corrected chi connectivity index (χ4v) is 2.18. The Morgan fingerprint density at radius 3 is 2.38 bits per heavy atom. The number of amides is 2. The molecule has 0 fully saturated rings. The van der Waals surface area contributed by atoms with E-state index in [1.807, 2.05) is 45.0 Å². The second-order valence-electron chi connectivity index (χ2n) is 5.47. The highest BCUT2D eigenvalue weighted by Gasteiger charge is 2.09. The Labute approximate surface area is 140 Å². The van der Waals surface area contributed by atoms with Gasteiger partial charge in [0.25, 0.3) is 5.91 Å². The average molecular weight is 327 g/mol.